The Labute approximate surface area is 78.6 Å². The van der Waals surface area contributed by atoms with E-state index in [0.717, 1.165) is 5.56 Å². The summed E-state index contributed by atoms with van der Waals surface area (Å²) in [6, 6.07) is 9.51. The fraction of sp³-hybridized carbons (Fsp3) is 0.273. The van der Waals surface area contributed by atoms with Crippen LogP contribution in [0.2, 0.25) is 0 Å². The molecule has 2 nitrogen and oxygen atoms in total. The Bertz CT molecular complexity index is 276. The van der Waals surface area contributed by atoms with E-state index in [4.69, 9.17) is 6.42 Å². The SMILES string of the molecule is C#CCNCC(O)c1ccccc1. The fourth-order valence-corrected chi connectivity index (χ4v) is 1.07. The van der Waals surface area contributed by atoms with Crippen LogP contribution in [0.4, 0.5) is 0 Å². The van der Waals surface area contributed by atoms with Crippen molar-refractivity contribution in [2.24, 2.45) is 0 Å². The number of aliphatic hydroxyl groups excluding tert-OH is 1. The average molecular weight is 175 g/mol. The van der Waals surface area contributed by atoms with Crippen molar-refractivity contribution in [3.8, 4) is 12.3 Å². The molecule has 1 aromatic rings. The van der Waals surface area contributed by atoms with Crippen LogP contribution in [0.5, 0.6) is 0 Å². The lowest BCUT2D eigenvalue weighted by Crippen LogP contribution is -2.21. The van der Waals surface area contributed by atoms with Gasteiger partial charge in [-0.1, -0.05) is 36.3 Å². The van der Waals surface area contributed by atoms with Crippen LogP contribution in [-0.2, 0) is 0 Å². The zero-order valence-corrected chi connectivity index (χ0v) is 7.40. The predicted molar refractivity (Wildman–Crippen MR) is 53.1 cm³/mol. The smallest absolute Gasteiger partial charge is 0.0914 e. The van der Waals surface area contributed by atoms with Crippen LogP contribution in [0.15, 0.2) is 30.3 Å². The summed E-state index contributed by atoms with van der Waals surface area (Å²) in [7, 11) is 0. The third-order valence-electron chi connectivity index (χ3n) is 1.75. The molecule has 2 heteroatoms. The minimum atomic E-state index is -0.477. The average Bonchev–Trinajstić information content (AvgIpc) is 2.19. The number of rotatable bonds is 4. The number of nitrogens with one attached hydrogen (secondary N) is 1. The Hall–Kier alpha value is -1.30. The van der Waals surface area contributed by atoms with Gasteiger partial charge in [0.2, 0.25) is 0 Å². The Balaban J connectivity index is 2.41. The lowest BCUT2D eigenvalue weighted by atomic mass is 10.1. The lowest BCUT2D eigenvalue weighted by molar-refractivity contribution is 0.176. The Morgan fingerprint density at radius 2 is 2.08 bits per heavy atom. The maximum Gasteiger partial charge on any atom is 0.0914 e. The molecular formula is C11H13NO. The quantitative estimate of drug-likeness (QED) is 0.527. The third-order valence-corrected chi connectivity index (χ3v) is 1.75. The van der Waals surface area contributed by atoms with Gasteiger partial charge in [0, 0.05) is 6.54 Å². The molecule has 13 heavy (non-hydrogen) atoms. The van der Waals surface area contributed by atoms with Crippen molar-refractivity contribution in [2.75, 3.05) is 13.1 Å². The maximum atomic E-state index is 9.62. The minimum absolute atomic E-state index is 0.477. The van der Waals surface area contributed by atoms with Crippen molar-refractivity contribution < 1.29 is 5.11 Å². The molecule has 0 aliphatic carbocycles. The molecule has 1 unspecified atom stereocenters. The molecule has 1 atom stereocenters. The largest absolute Gasteiger partial charge is 0.387 e. The van der Waals surface area contributed by atoms with E-state index in [1.807, 2.05) is 30.3 Å². The van der Waals surface area contributed by atoms with E-state index in [9.17, 15) is 5.11 Å². The Morgan fingerprint density at radius 3 is 2.69 bits per heavy atom. The lowest BCUT2D eigenvalue weighted by Gasteiger charge is -2.10. The van der Waals surface area contributed by atoms with Crippen molar-refractivity contribution in [1.29, 1.82) is 0 Å². The number of terminal acetylenes is 1. The van der Waals surface area contributed by atoms with Gasteiger partial charge in [0.1, 0.15) is 0 Å². The highest BCUT2D eigenvalue weighted by atomic mass is 16.3. The van der Waals surface area contributed by atoms with Crippen LogP contribution in [-0.4, -0.2) is 18.2 Å². The molecule has 68 valence electrons. The van der Waals surface area contributed by atoms with Crippen LogP contribution in [0.25, 0.3) is 0 Å². The molecule has 0 saturated carbocycles. The van der Waals surface area contributed by atoms with E-state index in [1.54, 1.807) is 0 Å². The second-order valence-electron chi connectivity index (χ2n) is 2.76. The van der Waals surface area contributed by atoms with E-state index in [-0.39, 0.29) is 0 Å². The highest BCUT2D eigenvalue weighted by Crippen LogP contribution is 2.09. The molecule has 0 radical (unpaired) electrons. The topological polar surface area (TPSA) is 32.3 Å². The number of hydrogen-bond donors (Lipinski definition) is 2. The molecular weight excluding hydrogens is 162 g/mol. The zero-order chi connectivity index (χ0) is 9.52. The third kappa shape index (κ3) is 3.29. The molecule has 0 heterocycles. The molecule has 0 aliphatic heterocycles. The summed E-state index contributed by atoms with van der Waals surface area (Å²) in [6.07, 6.45) is 4.58. The van der Waals surface area contributed by atoms with Gasteiger partial charge in [-0.3, -0.25) is 0 Å². The van der Waals surface area contributed by atoms with Crippen molar-refractivity contribution in [2.45, 2.75) is 6.10 Å². The van der Waals surface area contributed by atoms with Gasteiger partial charge in [0.15, 0.2) is 0 Å². The van der Waals surface area contributed by atoms with Gasteiger partial charge >= 0.3 is 0 Å². The van der Waals surface area contributed by atoms with Gasteiger partial charge in [-0.05, 0) is 5.56 Å². The first-order valence-electron chi connectivity index (χ1n) is 4.22. The summed E-state index contributed by atoms with van der Waals surface area (Å²) in [6.45, 7) is 0.984. The van der Waals surface area contributed by atoms with Gasteiger partial charge in [0.25, 0.3) is 0 Å². The van der Waals surface area contributed by atoms with Crippen molar-refractivity contribution in [3.05, 3.63) is 35.9 Å². The molecule has 1 rings (SSSR count). The first kappa shape index (κ1) is 9.79. The molecule has 0 fully saturated rings. The highest BCUT2D eigenvalue weighted by Gasteiger charge is 2.04. The van der Waals surface area contributed by atoms with Crippen LogP contribution in [0.3, 0.4) is 0 Å². The van der Waals surface area contributed by atoms with E-state index in [2.05, 4.69) is 11.2 Å². The fourth-order valence-electron chi connectivity index (χ4n) is 1.07. The normalized spacial score (nSPS) is 12.0. The predicted octanol–water partition coefficient (Wildman–Crippen LogP) is 0.943. The molecule has 0 spiro atoms. The Kier molecular flexibility index (Phi) is 4.04. The summed E-state index contributed by atoms with van der Waals surface area (Å²) in [5, 5.41) is 12.6. The second-order valence-corrected chi connectivity index (χ2v) is 2.76. The highest BCUT2D eigenvalue weighted by molar-refractivity contribution is 5.17. The van der Waals surface area contributed by atoms with Crippen molar-refractivity contribution >= 4 is 0 Å². The molecule has 0 bridgehead atoms. The van der Waals surface area contributed by atoms with Crippen LogP contribution in [0, 0.1) is 12.3 Å². The van der Waals surface area contributed by atoms with Gasteiger partial charge in [0.05, 0.1) is 12.6 Å². The Morgan fingerprint density at radius 1 is 1.38 bits per heavy atom. The van der Waals surface area contributed by atoms with E-state index in [0.29, 0.717) is 13.1 Å². The standard InChI is InChI=1S/C11H13NO/c1-2-8-12-9-11(13)10-6-4-3-5-7-10/h1,3-7,11-13H,8-9H2. The summed E-state index contributed by atoms with van der Waals surface area (Å²) >= 11 is 0. The van der Waals surface area contributed by atoms with Gasteiger partial charge in [-0.15, -0.1) is 6.42 Å². The van der Waals surface area contributed by atoms with E-state index < -0.39 is 6.10 Å². The zero-order valence-electron chi connectivity index (χ0n) is 7.40. The van der Waals surface area contributed by atoms with E-state index in [1.165, 1.54) is 0 Å². The maximum absolute atomic E-state index is 9.62. The molecule has 0 saturated heterocycles. The summed E-state index contributed by atoms with van der Waals surface area (Å²) in [5.41, 5.74) is 0.909. The molecule has 2 N–H and O–H groups in total. The molecule has 0 aromatic heterocycles. The minimum Gasteiger partial charge on any atom is -0.387 e. The molecule has 1 aromatic carbocycles. The monoisotopic (exact) mass is 175 g/mol. The van der Waals surface area contributed by atoms with Crippen molar-refractivity contribution in [1.82, 2.24) is 5.32 Å². The summed E-state index contributed by atoms with van der Waals surface area (Å²) in [5.74, 6) is 2.45. The number of hydrogen-bond acceptors (Lipinski definition) is 2. The van der Waals surface area contributed by atoms with Crippen LogP contribution < -0.4 is 5.32 Å². The molecule has 0 amide bonds. The van der Waals surface area contributed by atoms with Gasteiger partial charge < -0.3 is 10.4 Å². The van der Waals surface area contributed by atoms with Crippen molar-refractivity contribution in [3.63, 3.8) is 0 Å². The van der Waals surface area contributed by atoms with Gasteiger partial charge in [-0.2, -0.15) is 0 Å². The van der Waals surface area contributed by atoms with E-state index >= 15 is 0 Å². The molecule has 0 aliphatic rings. The second kappa shape index (κ2) is 5.36. The number of benzene rings is 1. The van der Waals surface area contributed by atoms with Crippen LogP contribution >= 0.6 is 0 Å². The van der Waals surface area contributed by atoms with Crippen LogP contribution in [0.1, 0.15) is 11.7 Å². The first-order valence-corrected chi connectivity index (χ1v) is 4.22. The first-order chi connectivity index (χ1) is 6.34. The summed E-state index contributed by atoms with van der Waals surface area (Å²) < 4.78 is 0. The number of aliphatic hydroxyl groups is 1. The van der Waals surface area contributed by atoms with Gasteiger partial charge in [-0.25, -0.2) is 0 Å². The summed E-state index contributed by atoms with van der Waals surface area (Å²) in [4.78, 5) is 0.